The maximum atomic E-state index is 5.38. The van der Waals surface area contributed by atoms with Gasteiger partial charge in [0.05, 0.1) is 6.61 Å². The highest BCUT2D eigenvalue weighted by Crippen LogP contribution is 2.16. The Balaban J connectivity index is 2.19. The normalized spacial score (nSPS) is 17.1. The molecule has 1 aliphatic heterocycles. The second kappa shape index (κ2) is 6.48. The van der Waals surface area contributed by atoms with Crippen LogP contribution in [0.3, 0.4) is 0 Å². The second-order valence-corrected chi connectivity index (χ2v) is 4.46. The summed E-state index contributed by atoms with van der Waals surface area (Å²) in [7, 11) is 2.12. The molecule has 8 nitrogen and oxygen atoms in total. The molecule has 1 aromatic heterocycles. The van der Waals surface area contributed by atoms with E-state index in [-0.39, 0.29) is 0 Å². The molecule has 0 saturated carbocycles. The Kier molecular flexibility index (Phi) is 4.69. The zero-order chi connectivity index (χ0) is 13.7. The fourth-order valence-corrected chi connectivity index (χ4v) is 1.99. The molecule has 0 aromatic carbocycles. The van der Waals surface area contributed by atoms with E-state index in [4.69, 9.17) is 10.6 Å². The van der Waals surface area contributed by atoms with Gasteiger partial charge in [-0.05, 0) is 26.9 Å². The lowest BCUT2D eigenvalue weighted by Crippen LogP contribution is -2.30. The molecule has 0 atom stereocenters. The molecule has 106 valence electrons. The Morgan fingerprint density at radius 1 is 1.21 bits per heavy atom. The van der Waals surface area contributed by atoms with Gasteiger partial charge in [-0.15, -0.1) is 0 Å². The molecule has 0 radical (unpaired) electrons. The number of hydrazine groups is 1. The lowest BCUT2D eigenvalue weighted by molar-refractivity contribution is 0.312. The minimum Gasteiger partial charge on any atom is -0.464 e. The van der Waals surface area contributed by atoms with Gasteiger partial charge in [-0.1, -0.05) is 0 Å². The van der Waals surface area contributed by atoms with Gasteiger partial charge in [0, 0.05) is 19.6 Å². The molecule has 1 aliphatic rings. The molecule has 0 spiro atoms. The van der Waals surface area contributed by atoms with Crippen molar-refractivity contribution in [2.24, 2.45) is 5.84 Å². The Bertz CT molecular complexity index is 414. The van der Waals surface area contributed by atoms with Crippen LogP contribution in [0.1, 0.15) is 13.3 Å². The first-order valence-electron chi connectivity index (χ1n) is 6.52. The fourth-order valence-electron chi connectivity index (χ4n) is 1.99. The largest absolute Gasteiger partial charge is 0.464 e. The average Bonchev–Trinajstić information content (AvgIpc) is 2.63. The highest BCUT2D eigenvalue weighted by molar-refractivity contribution is 5.37. The molecule has 3 N–H and O–H groups in total. The van der Waals surface area contributed by atoms with Crippen LogP contribution < -0.4 is 20.9 Å². The summed E-state index contributed by atoms with van der Waals surface area (Å²) in [4.78, 5) is 17.1. The molecule has 2 heterocycles. The first-order chi connectivity index (χ1) is 9.22. The third kappa shape index (κ3) is 3.65. The maximum Gasteiger partial charge on any atom is 0.323 e. The van der Waals surface area contributed by atoms with Crippen LogP contribution in [0.4, 0.5) is 11.9 Å². The molecule has 0 amide bonds. The van der Waals surface area contributed by atoms with Crippen LogP contribution in [-0.2, 0) is 0 Å². The predicted molar refractivity (Wildman–Crippen MR) is 73.1 cm³/mol. The van der Waals surface area contributed by atoms with Crippen molar-refractivity contribution >= 4 is 11.9 Å². The number of hydrogen-bond donors (Lipinski definition) is 2. The van der Waals surface area contributed by atoms with Crippen molar-refractivity contribution < 1.29 is 4.74 Å². The molecule has 1 aromatic rings. The van der Waals surface area contributed by atoms with Gasteiger partial charge in [-0.25, -0.2) is 5.84 Å². The number of nitrogen functional groups attached to an aromatic ring is 1. The molecular formula is C11H21N7O. The highest BCUT2D eigenvalue weighted by Gasteiger charge is 2.17. The topological polar surface area (TPSA) is 92.4 Å². The van der Waals surface area contributed by atoms with E-state index in [2.05, 4.69) is 37.2 Å². The van der Waals surface area contributed by atoms with Crippen molar-refractivity contribution in [2.75, 3.05) is 50.2 Å². The zero-order valence-electron chi connectivity index (χ0n) is 11.5. The van der Waals surface area contributed by atoms with Crippen molar-refractivity contribution in [3.8, 4) is 6.01 Å². The number of nitrogens with one attached hydrogen (secondary N) is 1. The van der Waals surface area contributed by atoms with Crippen molar-refractivity contribution in [3.63, 3.8) is 0 Å². The van der Waals surface area contributed by atoms with Gasteiger partial charge < -0.3 is 14.5 Å². The summed E-state index contributed by atoms with van der Waals surface area (Å²) in [6.45, 7) is 6.28. The van der Waals surface area contributed by atoms with E-state index in [0.717, 1.165) is 32.6 Å². The van der Waals surface area contributed by atoms with Crippen molar-refractivity contribution in [1.29, 1.82) is 0 Å². The lowest BCUT2D eigenvalue weighted by atomic mass is 10.4. The van der Waals surface area contributed by atoms with Gasteiger partial charge >= 0.3 is 6.01 Å². The maximum absolute atomic E-state index is 5.38. The number of nitrogens with zero attached hydrogens (tertiary/aromatic N) is 5. The second-order valence-electron chi connectivity index (χ2n) is 4.46. The third-order valence-electron chi connectivity index (χ3n) is 3.01. The molecule has 1 fully saturated rings. The van der Waals surface area contributed by atoms with Crippen LogP contribution in [-0.4, -0.2) is 59.7 Å². The minimum atomic E-state index is 0.304. The number of aromatic nitrogens is 3. The number of hydrogen-bond acceptors (Lipinski definition) is 8. The van der Waals surface area contributed by atoms with Crippen LogP contribution in [0.5, 0.6) is 6.01 Å². The zero-order valence-corrected chi connectivity index (χ0v) is 11.5. The van der Waals surface area contributed by atoms with Crippen LogP contribution in [0.25, 0.3) is 0 Å². The van der Waals surface area contributed by atoms with Crippen molar-refractivity contribution in [3.05, 3.63) is 0 Å². The van der Waals surface area contributed by atoms with E-state index < -0.39 is 0 Å². The first kappa shape index (κ1) is 13.8. The Morgan fingerprint density at radius 2 is 2.05 bits per heavy atom. The van der Waals surface area contributed by atoms with Crippen LogP contribution >= 0.6 is 0 Å². The number of ether oxygens (including phenoxy) is 1. The van der Waals surface area contributed by atoms with E-state index in [1.165, 1.54) is 0 Å². The monoisotopic (exact) mass is 267 g/mol. The summed E-state index contributed by atoms with van der Waals surface area (Å²) >= 11 is 0. The van der Waals surface area contributed by atoms with E-state index in [9.17, 15) is 0 Å². The standard InChI is InChI=1S/C11H21N7O/c1-3-19-11-14-9(16-12)13-10(15-11)18-6-4-5-17(2)7-8-18/h3-8,12H2,1-2H3,(H,13,14,15,16). The summed E-state index contributed by atoms with van der Waals surface area (Å²) in [5.74, 6) is 6.32. The van der Waals surface area contributed by atoms with Gasteiger partial charge in [0.25, 0.3) is 0 Å². The van der Waals surface area contributed by atoms with Crippen molar-refractivity contribution in [1.82, 2.24) is 19.9 Å². The predicted octanol–water partition coefficient (Wildman–Crippen LogP) is -0.302. The minimum absolute atomic E-state index is 0.304. The molecule has 0 bridgehead atoms. The summed E-state index contributed by atoms with van der Waals surface area (Å²) in [5.41, 5.74) is 2.45. The first-order valence-corrected chi connectivity index (χ1v) is 6.52. The molecule has 2 rings (SSSR count). The smallest absolute Gasteiger partial charge is 0.323 e. The summed E-state index contributed by atoms with van der Waals surface area (Å²) in [5, 5.41) is 0. The van der Waals surface area contributed by atoms with Gasteiger partial charge in [-0.3, -0.25) is 5.43 Å². The Labute approximate surface area is 112 Å². The molecule has 1 saturated heterocycles. The van der Waals surface area contributed by atoms with Crippen LogP contribution in [0, 0.1) is 0 Å². The average molecular weight is 267 g/mol. The highest BCUT2D eigenvalue weighted by atomic mass is 16.5. The molecule has 0 aliphatic carbocycles. The number of rotatable bonds is 4. The van der Waals surface area contributed by atoms with Gasteiger partial charge in [0.2, 0.25) is 11.9 Å². The molecule has 8 heteroatoms. The van der Waals surface area contributed by atoms with Crippen LogP contribution in [0.15, 0.2) is 0 Å². The van der Waals surface area contributed by atoms with E-state index in [1.807, 2.05) is 6.92 Å². The molecular weight excluding hydrogens is 246 g/mol. The van der Waals surface area contributed by atoms with E-state index in [1.54, 1.807) is 0 Å². The summed E-state index contributed by atoms with van der Waals surface area (Å²) in [6.07, 6.45) is 1.08. The fraction of sp³-hybridized carbons (Fsp3) is 0.727. The quantitative estimate of drug-likeness (QED) is 0.567. The summed E-state index contributed by atoms with van der Waals surface area (Å²) in [6, 6.07) is 0.304. The van der Waals surface area contributed by atoms with E-state index >= 15 is 0 Å². The Morgan fingerprint density at radius 3 is 2.79 bits per heavy atom. The number of nitrogens with two attached hydrogens (primary N) is 1. The lowest BCUT2D eigenvalue weighted by Gasteiger charge is -2.20. The van der Waals surface area contributed by atoms with E-state index in [0.29, 0.717) is 24.5 Å². The number of anilines is 2. The van der Waals surface area contributed by atoms with Gasteiger partial charge in [-0.2, -0.15) is 15.0 Å². The molecule has 0 unspecified atom stereocenters. The number of likely N-dealkylation sites (N-methyl/N-ethyl adjacent to an activating group) is 1. The van der Waals surface area contributed by atoms with Crippen LogP contribution in [0.2, 0.25) is 0 Å². The van der Waals surface area contributed by atoms with Crippen molar-refractivity contribution in [2.45, 2.75) is 13.3 Å². The summed E-state index contributed by atoms with van der Waals surface area (Å²) < 4.78 is 5.34. The Hall–Kier alpha value is -1.67. The van der Waals surface area contributed by atoms with Gasteiger partial charge in [0.1, 0.15) is 0 Å². The third-order valence-corrected chi connectivity index (χ3v) is 3.01. The molecule has 19 heavy (non-hydrogen) atoms. The SMILES string of the molecule is CCOc1nc(NN)nc(N2CCCN(C)CC2)n1. The van der Waals surface area contributed by atoms with Gasteiger partial charge in [0.15, 0.2) is 0 Å².